The van der Waals surface area contributed by atoms with Crippen LogP contribution < -0.4 is 24.8 Å². The number of rotatable bonds is 8. The summed E-state index contributed by atoms with van der Waals surface area (Å²) in [6.07, 6.45) is 0.709. The first-order valence-corrected chi connectivity index (χ1v) is 8.59. The Kier molecular flexibility index (Phi) is 10.4. The lowest BCUT2D eigenvalue weighted by Crippen LogP contribution is -2.37. The first-order chi connectivity index (χ1) is 13.1. The molecule has 2 aromatic carbocycles. The zero-order chi connectivity index (χ0) is 19.6. The Balaban J connectivity index is 0.00000392. The van der Waals surface area contributed by atoms with Gasteiger partial charge in [0, 0.05) is 25.7 Å². The van der Waals surface area contributed by atoms with Gasteiger partial charge in [-0.3, -0.25) is 4.99 Å². The van der Waals surface area contributed by atoms with Crippen molar-refractivity contribution < 1.29 is 18.6 Å². The van der Waals surface area contributed by atoms with E-state index in [0.29, 0.717) is 42.7 Å². The smallest absolute Gasteiger partial charge is 0.203 e. The Labute approximate surface area is 182 Å². The normalized spacial score (nSPS) is 10.7. The van der Waals surface area contributed by atoms with E-state index in [1.54, 1.807) is 40.5 Å². The van der Waals surface area contributed by atoms with E-state index in [0.717, 1.165) is 11.1 Å². The van der Waals surface area contributed by atoms with Crippen LogP contribution in [0.4, 0.5) is 4.39 Å². The molecule has 6 nitrogen and oxygen atoms in total. The molecule has 0 aromatic heterocycles. The van der Waals surface area contributed by atoms with Gasteiger partial charge in [-0.25, -0.2) is 4.39 Å². The fourth-order valence-electron chi connectivity index (χ4n) is 2.68. The molecular weight excluding hydrogens is 476 g/mol. The number of aliphatic imine (C=N–C) groups is 1. The van der Waals surface area contributed by atoms with Gasteiger partial charge in [0.2, 0.25) is 5.75 Å². The van der Waals surface area contributed by atoms with Gasteiger partial charge in [-0.15, -0.1) is 24.0 Å². The summed E-state index contributed by atoms with van der Waals surface area (Å²) in [4.78, 5) is 4.20. The van der Waals surface area contributed by atoms with E-state index in [1.807, 2.05) is 12.1 Å². The monoisotopic (exact) mass is 503 g/mol. The Morgan fingerprint density at radius 1 is 0.929 bits per heavy atom. The second-order valence-electron chi connectivity index (χ2n) is 5.72. The SMILES string of the molecule is CN=C(NCCc1ccc(OC)c(OC)c1OC)NCc1ccc(F)cc1.I. The Morgan fingerprint density at radius 3 is 2.18 bits per heavy atom. The number of halogens is 2. The second kappa shape index (κ2) is 12.3. The molecule has 0 fully saturated rings. The highest BCUT2D eigenvalue weighted by molar-refractivity contribution is 14.0. The highest BCUT2D eigenvalue weighted by Crippen LogP contribution is 2.39. The van der Waals surface area contributed by atoms with Crippen LogP contribution in [0.3, 0.4) is 0 Å². The molecule has 0 aliphatic carbocycles. The van der Waals surface area contributed by atoms with Crippen LogP contribution in [0, 0.1) is 5.82 Å². The van der Waals surface area contributed by atoms with Crippen molar-refractivity contribution in [2.45, 2.75) is 13.0 Å². The molecule has 0 atom stereocenters. The Hall–Kier alpha value is -2.23. The van der Waals surface area contributed by atoms with Crippen molar-refractivity contribution in [3.8, 4) is 17.2 Å². The third kappa shape index (κ3) is 6.43. The van der Waals surface area contributed by atoms with E-state index in [9.17, 15) is 4.39 Å². The van der Waals surface area contributed by atoms with Gasteiger partial charge in [0.15, 0.2) is 17.5 Å². The summed E-state index contributed by atoms with van der Waals surface area (Å²) in [6.45, 7) is 1.20. The first-order valence-electron chi connectivity index (χ1n) is 8.59. The minimum Gasteiger partial charge on any atom is -0.493 e. The molecule has 0 amide bonds. The molecule has 0 radical (unpaired) electrons. The van der Waals surface area contributed by atoms with Gasteiger partial charge in [-0.2, -0.15) is 0 Å². The van der Waals surface area contributed by atoms with Crippen LogP contribution in [0.2, 0.25) is 0 Å². The maximum atomic E-state index is 13.0. The quantitative estimate of drug-likeness (QED) is 0.329. The third-order valence-corrected chi connectivity index (χ3v) is 4.07. The zero-order valence-corrected chi connectivity index (χ0v) is 18.9. The van der Waals surface area contributed by atoms with Crippen LogP contribution in [0.1, 0.15) is 11.1 Å². The maximum Gasteiger partial charge on any atom is 0.203 e. The number of hydrogen-bond donors (Lipinski definition) is 2. The maximum absolute atomic E-state index is 13.0. The van der Waals surface area contributed by atoms with E-state index in [4.69, 9.17) is 14.2 Å². The largest absolute Gasteiger partial charge is 0.493 e. The molecule has 8 heteroatoms. The molecule has 0 saturated carbocycles. The number of benzene rings is 2. The molecule has 0 heterocycles. The first kappa shape index (κ1) is 23.8. The number of nitrogens with zero attached hydrogens (tertiary/aromatic N) is 1. The molecule has 0 bridgehead atoms. The highest BCUT2D eigenvalue weighted by atomic mass is 127. The van der Waals surface area contributed by atoms with Gasteiger partial charge in [0.05, 0.1) is 21.3 Å². The fourth-order valence-corrected chi connectivity index (χ4v) is 2.68. The average Bonchev–Trinajstić information content (AvgIpc) is 2.70. The van der Waals surface area contributed by atoms with Crippen LogP contribution >= 0.6 is 24.0 Å². The molecule has 0 spiro atoms. The number of hydrogen-bond acceptors (Lipinski definition) is 4. The van der Waals surface area contributed by atoms with Gasteiger partial charge >= 0.3 is 0 Å². The molecule has 0 unspecified atom stereocenters. The van der Waals surface area contributed by atoms with Crippen LogP contribution in [0.5, 0.6) is 17.2 Å². The summed E-state index contributed by atoms with van der Waals surface area (Å²) in [5.41, 5.74) is 1.97. The summed E-state index contributed by atoms with van der Waals surface area (Å²) in [5, 5.41) is 6.46. The van der Waals surface area contributed by atoms with Crippen molar-refractivity contribution in [2.24, 2.45) is 4.99 Å². The summed E-state index contributed by atoms with van der Waals surface area (Å²) < 4.78 is 29.2. The molecule has 0 aliphatic rings. The van der Waals surface area contributed by atoms with Crippen LogP contribution in [0.25, 0.3) is 0 Å². The predicted octanol–water partition coefficient (Wildman–Crippen LogP) is 3.38. The van der Waals surface area contributed by atoms with Crippen molar-refractivity contribution in [1.82, 2.24) is 10.6 Å². The van der Waals surface area contributed by atoms with Crippen molar-refractivity contribution in [3.63, 3.8) is 0 Å². The van der Waals surface area contributed by atoms with Gasteiger partial charge in [-0.05, 0) is 30.2 Å². The lowest BCUT2D eigenvalue weighted by atomic mass is 10.1. The Morgan fingerprint density at radius 2 is 1.61 bits per heavy atom. The van der Waals surface area contributed by atoms with Crippen LogP contribution in [-0.2, 0) is 13.0 Å². The van der Waals surface area contributed by atoms with Crippen LogP contribution in [-0.4, -0.2) is 40.9 Å². The number of methoxy groups -OCH3 is 3. The molecular formula is C20H27FIN3O3. The van der Waals surface area contributed by atoms with Crippen molar-refractivity contribution >= 4 is 29.9 Å². The van der Waals surface area contributed by atoms with Gasteiger partial charge in [-0.1, -0.05) is 18.2 Å². The van der Waals surface area contributed by atoms with Crippen molar-refractivity contribution in [1.29, 1.82) is 0 Å². The van der Waals surface area contributed by atoms with E-state index in [2.05, 4.69) is 15.6 Å². The molecule has 0 saturated heterocycles. The van der Waals surface area contributed by atoms with E-state index in [1.165, 1.54) is 12.1 Å². The van der Waals surface area contributed by atoms with Crippen LogP contribution in [0.15, 0.2) is 41.4 Å². The predicted molar refractivity (Wildman–Crippen MR) is 120 cm³/mol. The standard InChI is InChI=1S/C20H26FN3O3.HI/c1-22-20(24-13-14-5-8-16(21)9-6-14)23-12-11-15-7-10-17(25-2)19(27-4)18(15)26-3;/h5-10H,11-13H2,1-4H3,(H2,22,23,24);1H. The number of guanidine groups is 1. The fraction of sp³-hybridized carbons (Fsp3) is 0.350. The summed E-state index contributed by atoms with van der Waals surface area (Å²) in [7, 11) is 6.49. The summed E-state index contributed by atoms with van der Waals surface area (Å²) in [5.74, 6) is 2.29. The molecule has 0 aliphatic heterocycles. The highest BCUT2D eigenvalue weighted by Gasteiger charge is 2.15. The minimum absolute atomic E-state index is 0. The lowest BCUT2D eigenvalue weighted by molar-refractivity contribution is 0.322. The van der Waals surface area contributed by atoms with E-state index >= 15 is 0 Å². The molecule has 2 rings (SSSR count). The lowest BCUT2D eigenvalue weighted by Gasteiger charge is -2.16. The number of nitrogens with one attached hydrogen (secondary N) is 2. The van der Waals surface area contributed by atoms with Crippen molar-refractivity contribution in [3.05, 3.63) is 53.3 Å². The molecule has 2 N–H and O–H groups in total. The molecule has 28 heavy (non-hydrogen) atoms. The molecule has 2 aromatic rings. The topological polar surface area (TPSA) is 64.1 Å². The van der Waals surface area contributed by atoms with E-state index < -0.39 is 0 Å². The van der Waals surface area contributed by atoms with Gasteiger partial charge < -0.3 is 24.8 Å². The Bertz CT molecular complexity index is 770. The van der Waals surface area contributed by atoms with E-state index in [-0.39, 0.29) is 29.8 Å². The van der Waals surface area contributed by atoms with Gasteiger partial charge in [0.1, 0.15) is 5.82 Å². The third-order valence-electron chi connectivity index (χ3n) is 4.07. The minimum atomic E-state index is -0.245. The summed E-state index contributed by atoms with van der Waals surface area (Å²) in [6, 6.07) is 10.2. The zero-order valence-electron chi connectivity index (χ0n) is 16.5. The number of ether oxygens (including phenoxy) is 3. The van der Waals surface area contributed by atoms with Crippen molar-refractivity contribution in [2.75, 3.05) is 34.9 Å². The van der Waals surface area contributed by atoms with Gasteiger partial charge in [0.25, 0.3) is 0 Å². The molecule has 154 valence electrons. The second-order valence-corrected chi connectivity index (χ2v) is 5.72. The average molecular weight is 503 g/mol. The summed E-state index contributed by atoms with van der Waals surface area (Å²) >= 11 is 0.